The van der Waals surface area contributed by atoms with Crippen LogP contribution in [0, 0.1) is 0 Å². The molecular weight excluding hydrogens is 492 g/mol. The highest BCUT2D eigenvalue weighted by Crippen LogP contribution is 2.35. The normalized spacial score (nSPS) is 16.9. The maximum atomic E-state index is 12.3. The Morgan fingerprint density at radius 3 is 2.59 bits per heavy atom. The molecule has 0 N–H and O–H groups in total. The number of halogens is 2. The third kappa shape index (κ3) is 5.85. The third-order valence-electron chi connectivity index (χ3n) is 6.35. The van der Waals surface area contributed by atoms with Crippen LogP contribution < -0.4 is 14.5 Å². The molecule has 1 fully saturated rings. The Bertz CT molecular complexity index is 1040. The Morgan fingerprint density at radius 2 is 1.82 bits per heavy atom. The number of hydrogen-bond donors (Lipinski definition) is 0. The molecule has 34 heavy (non-hydrogen) atoms. The summed E-state index contributed by atoms with van der Waals surface area (Å²) in [6, 6.07) is 11.5. The number of aryl methyl sites for hydroxylation is 1. The van der Waals surface area contributed by atoms with Gasteiger partial charge in [0.05, 0.1) is 28.0 Å². The first-order valence-electron chi connectivity index (χ1n) is 11.7. The fourth-order valence-electron chi connectivity index (χ4n) is 4.45. The van der Waals surface area contributed by atoms with Gasteiger partial charge in [-0.25, -0.2) is 4.90 Å². The molecule has 1 saturated heterocycles. The van der Waals surface area contributed by atoms with Gasteiger partial charge in [-0.05, 0) is 64.8 Å². The molecule has 9 heteroatoms. The number of imide groups is 1. The number of piperazine rings is 1. The molecule has 1 unspecified atom stereocenters. The number of amides is 2. The van der Waals surface area contributed by atoms with Gasteiger partial charge in [-0.1, -0.05) is 35.3 Å². The van der Waals surface area contributed by atoms with Crippen LogP contribution in [0.3, 0.4) is 0 Å². The van der Waals surface area contributed by atoms with E-state index in [1.54, 1.807) is 6.66 Å². The molecule has 0 saturated carbocycles. The number of nitrogens with zero attached hydrogens (tertiary/aromatic N) is 3. The van der Waals surface area contributed by atoms with Gasteiger partial charge >= 0.3 is 0 Å². The van der Waals surface area contributed by atoms with Crippen molar-refractivity contribution in [2.75, 3.05) is 55.8 Å². The van der Waals surface area contributed by atoms with Gasteiger partial charge in [0.2, 0.25) is 5.91 Å². The number of unbranched alkanes of at least 4 members (excludes halogenated alkanes) is 1. The molecule has 4 rings (SSSR count). The first kappa shape index (κ1) is 25.2. The van der Waals surface area contributed by atoms with Crippen molar-refractivity contribution in [2.24, 2.45) is 0 Å². The molecule has 2 heterocycles. The third-order valence-corrected chi connectivity index (χ3v) is 7.81. The summed E-state index contributed by atoms with van der Waals surface area (Å²) in [4.78, 5) is 30.7. The van der Waals surface area contributed by atoms with Crippen molar-refractivity contribution in [2.45, 2.75) is 25.7 Å². The van der Waals surface area contributed by atoms with Crippen molar-refractivity contribution in [3.8, 4) is 5.75 Å². The average molecular weight is 522 g/mol. The Kier molecular flexibility index (Phi) is 8.70. The summed E-state index contributed by atoms with van der Waals surface area (Å²) >= 11 is 12.5. The Hall–Kier alpha value is -1.85. The lowest BCUT2D eigenvalue weighted by molar-refractivity contribution is -0.118. The number of carbonyl (C=O) groups is 2. The number of rotatable bonds is 8. The van der Waals surface area contributed by atoms with Crippen LogP contribution in [0.4, 0.5) is 16.2 Å². The molecule has 0 aliphatic carbocycles. The summed E-state index contributed by atoms with van der Waals surface area (Å²) in [6.45, 7) is 7.27. The van der Waals surface area contributed by atoms with Gasteiger partial charge in [0, 0.05) is 38.7 Å². The largest absolute Gasteiger partial charge is 0.494 e. The molecule has 2 aliphatic heterocycles. The monoisotopic (exact) mass is 521 g/mol. The van der Waals surface area contributed by atoms with E-state index in [1.807, 2.05) is 36.4 Å². The molecule has 1 atom stereocenters. The standard InChI is InChI=1S/C25H30Cl2N3O3P/c1-34-25(32)30-22-17-19(9-7-18(22)8-10-23(30)31)33-16-3-2-11-28-12-14-29(15-13-28)21-6-4-5-20(26)24(21)27/h4-7,9,17,34H,2-3,8,10-16H2,1H3. The van der Waals surface area contributed by atoms with E-state index in [9.17, 15) is 9.59 Å². The summed E-state index contributed by atoms with van der Waals surface area (Å²) < 4.78 is 5.96. The van der Waals surface area contributed by atoms with Crippen LogP contribution in [0.1, 0.15) is 24.8 Å². The highest BCUT2D eigenvalue weighted by atomic mass is 35.5. The van der Waals surface area contributed by atoms with Crippen molar-refractivity contribution in [3.05, 3.63) is 52.0 Å². The SMILES string of the molecule is CPC(=O)N1C(=O)CCc2ccc(OCCCCN3CCN(c4cccc(Cl)c4Cl)CC3)cc21. The van der Waals surface area contributed by atoms with Gasteiger partial charge in [0.15, 0.2) is 0 Å². The van der Waals surface area contributed by atoms with E-state index in [0.29, 0.717) is 40.9 Å². The van der Waals surface area contributed by atoms with E-state index in [-0.39, 0.29) is 20.1 Å². The lowest BCUT2D eigenvalue weighted by Gasteiger charge is -2.36. The lowest BCUT2D eigenvalue weighted by Crippen LogP contribution is -2.46. The Balaban J connectivity index is 1.21. The van der Waals surface area contributed by atoms with Crippen LogP contribution in [-0.2, 0) is 11.2 Å². The maximum Gasteiger partial charge on any atom is 0.251 e. The number of hydrogen-bond acceptors (Lipinski definition) is 5. The quantitative estimate of drug-likeness (QED) is 0.330. The fourth-order valence-corrected chi connectivity index (χ4v) is 5.34. The van der Waals surface area contributed by atoms with Gasteiger partial charge in [0.1, 0.15) is 5.75 Å². The van der Waals surface area contributed by atoms with E-state index >= 15 is 0 Å². The second-order valence-electron chi connectivity index (χ2n) is 8.53. The molecule has 2 aromatic carbocycles. The Labute approximate surface area is 212 Å². The van der Waals surface area contributed by atoms with Crippen molar-refractivity contribution in [1.82, 2.24) is 4.90 Å². The zero-order valence-electron chi connectivity index (χ0n) is 19.4. The van der Waals surface area contributed by atoms with E-state index in [2.05, 4.69) is 9.80 Å². The molecule has 0 spiro atoms. The van der Waals surface area contributed by atoms with Crippen LogP contribution in [0.2, 0.25) is 10.0 Å². The molecular formula is C25H30Cl2N3O3P. The Morgan fingerprint density at radius 1 is 1.03 bits per heavy atom. The van der Waals surface area contributed by atoms with Gasteiger partial charge in [-0.2, -0.15) is 0 Å². The summed E-state index contributed by atoms with van der Waals surface area (Å²) in [7, 11) is 0.0537. The smallest absolute Gasteiger partial charge is 0.251 e. The number of benzene rings is 2. The van der Waals surface area contributed by atoms with E-state index in [1.165, 1.54) is 4.90 Å². The summed E-state index contributed by atoms with van der Waals surface area (Å²) in [6.07, 6.45) is 3.03. The minimum atomic E-state index is -0.138. The number of fused-ring (bicyclic) bond motifs is 1. The number of carbonyl (C=O) groups excluding carboxylic acids is 2. The van der Waals surface area contributed by atoms with Crippen molar-refractivity contribution in [3.63, 3.8) is 0 Å². The topological polar surface area (TPSA) is 53.1 Å². The van der Waals surface area contributed by atoms with Gasteiger partial charge in [-0.3, -0.25) is 14.5 Å². The van der Waals surface area contributed by atoms with Crippen LogP contribution in [0.15, 0.2) is 36.4 Å². The van der Waals surface area contributed by atoms with Crippen LogP contribution in [0.25, 0.3) is 0 Å². The average Bonchev–Trinajstić information content (AvgIpc) is 2.85. The molecule has 0 radical (unpaired) electrons. The van der Waals surface area contributed by atoms with Crippen molar-refractivity contribution < 1.29 is 14.3 Å². The molecule has 2 amide bonds. The van der Waals surface area contributed by atoms with Gasteiger partial charge < -0.3 is 9.64 Å². The predicted molar refractivity (Wildman–Crippen MR) is 142 cm³/mol. The molecule has 0 aromatic heterocycles. The summed E-state index contributed by atoms with van der Waals surface area (Å²) in [5, 5.41) is 1.22. The second kappa shape index (κ2) is 11.7. The molecule has 6 nitrogen and oxygen atoms in total. The zero-order valence-corrected chi connectivity index (χ0v) is 21.9. The van der Waals surface area contributed by atoms with Crippen LogP contribution in [0.5, 0.6) is 5.75 Å². The highest BCUT2D eigenvalue weighted by molar-refractivity contribution is 7.57. The van der Waals surface area contributed by atoms with Crippen LogP contribution >= 0.6 is 31.8 Å². The van der Waals surface area contributed by atoms with Crippen molar-refractivity contribution >= 4 is 54.7 Å². The maximum absolute atomic E-state index is 12.3. The van der Waals surface area contributed by atoms with Crippen LogP contribution in [-0.4, -0.2) is 62.5 Å². The highest BCUT2D eigenvalue weighted by Gasteiger charge is 2.29. The fraction of sp³-hybridized carbons (Fsp3) is 0.440. The van der Waals surface area contributed by atoms with Gasteiger partial charge in [0.25, 0.3) is 5.65 Å². The minimum Gasteiger partial charge on any atom is -0.494 e. The van der Waals surface area contributed by atoms with E-state index in [4.69, 9.17) is 27.9 Å². The van der Waals surface area contributed by atoms with Gasteiger partial charge in [-0.15, -0.1) is 0 Å². The zero-order chi connectivity index (χ0) is 24.1. The summed E-state index contributed by atoms with van der Waals surface area (Å²) in [5.74, 6) is 0.583. The van der Waals surface area contributed by atoms with E-state index < -0.39 is 0 Å². The minimum absolute atomic E-state index is 0.0537. The molecule has 0 bridgehead atoms. The van der Waals surface area contributed by atoms with E-state index in [0.717, 1.165) is 56.8 Å². The first-order chi connectivity index (χ1) is 16.5. The number of anilines is 2. The predicted octanol–water partition coefficient (Wildman–Crippen LogP) is 5.68. The number of ether oxygens (including phenoxy) is 1. The molecule has 2 aliphatic rings. The van der Waals surface area contributed by atoms with Crippen molar-refractivity contribution in [1.29, 1.82) is 0 Å². The molecule has 182 valence electrons. The first-order valence-corrected chi connectivity index (χ1v) is 13.9. The second-order valence-corrected chi connectivity index (χ2v) is 10.2. The summed E-state index contributed by atoms with van der Waals surface area (Å²) in [5.41, 5.74) is 2.58. The molecule has 2 aromatic rings. The lowest BCUT2D eigenvalue weighted by atomic mass is 10.0.